The minimum atomic E-state index is -1.87. The number of carbonyl (C=O) groups excluding carboxylic acids is 1. The largest absolute Gasteiger partial charge is 0.456 e. The summed E-state index contributed by atoms with van der Waals surface area (Å²) in [6.07, 6.45) is -0.935. The van der Waals surface area contributed by atoms with Crippen molar-refractivity contribution in [2.45, 2.75) is 64.7 Å². The smallest absolute Gasteiger partial charge is 0.341 e. The van der Waals surface area contributed by atoms with Crippen LogP contribution in [-0.2, 0) is 11.3 Å². The number of hydrogen-bond donors (Lipinski definition) is 1. The fraction of sp³-hybridized carbons (Fsp3) is 0.233. The molecule has 5 aromatic carbocycles. The number of carbonyl (C=O) groups is 1. The minimum Gasteiger partial charge on any atom is -0.456 e. The van der Waals surface area contributed by atoms with Gasteiger partial charge in [0, 0.05) is 28.8 Å². The zero-order chi connectivity index (χ0) is 33.8. The van der Waals surface area contributed by atoms with Crippen molar-refractivity contribution in [3.05, 3.63) is 148 Å². The molecule has 1 heterocycles. The zero-order valence-electron chi connectivity index (χ0n) is 28.5. The second-order valence-corrected chi connectivity index (χ2v) is 19.5. The maximum absolute atomic E-state index is 14.8. The molecule has 1 aliphatic carbocycles. The van der Waals surface area contributed by atoms with Crippen LogP contribution in [0.3, 0.4) is 0 Å². The summed E-state index contributed by atoms with van der Waals surface area (Å²) in [7, 11) is -1.87. The lowest BCUT2D eigenvalue weighted by molar-refractivity contribution is 0.00710. The van der Waals surface area contributed by atoms with Crippen LogP contribution in [0.1, 0.15) is 76.7 Å². The second-order valence-electron chi connectivity index (χ2n) is 14.8. The Kier molecular flexibility index (Phi) is 7.90. The Bertz CT molecular complexity index is 2060. The lowest BCUT2D eigenvalue weighted by Gasteiger charge is -2.42. The number of aliphatic hydroxyl groups is 1. The molecule has 5 aromatic rings. The molecular formula is C43H41NO3Si. The topological polar surface area (TPSA) is 49.8 Å². The van der Waals surface area contributed by atoms with Crippen LogP contribution in [-0.4, -0.2) is 24.8 Å². The molecule has 4 nitrogen and oxygen atoms in total. The third-order valence-electron chi connectivity index (χ3n) is 8.93. The van der Waals surface area contributed by atoms with Gasteiger partial charge in [-0.3, -0.25) is 0 Å². The number of nitrogens with zero attached hydrogens (tertiary/aromatic N) is 1. The quantitative estimate of drug-likeness (QED) is 0.120. The van der Waals surface area contributed by atoms with Gasteiger partial charge in [-0.15, -0.1) is 5.54 Å². The van der Waals surface area contributed by atoms with E-state index in [2.05, 4.69) is 103 Å². The van der Waals surface area contributed by atoms with E-state index >= 15 is 0 Å². The van der Waals surface area contributed by atoms with E-state index < -0.39 is 25.7 Å². The fourth-order valence-corrected chi connectivity index (χ4v) is 7.59. The van der Waals surface area contributed by atoms with Crippen LogP contribution in [0.5, 0.6) is 0 Å². The Morgan fingerprint density at radius 3 is 1.98 bits per heavy atom. The van der Waals surface area contributed by atoms with Gasteiger partial charge in [0.25, 0.3) is 0 Å². The molecule has 0 aromatic heterocycles. The average molecular weight is 648 g/mol. The lowest BCUT2D eigenvalue weighted by atomic mass is 9.80. The number of aliphatic hydroxyl groups excluding tert-OH is 1. The minimum absolute atomic E-state index is 0.224. The Balaban J connectivity index is 1.68. The summed E-state index contributed by atoms with van der Waals surface area (Å²) in [4.78, 5) is 17.2. The Morgan fingerprint density at radius 1 is 0.812 bits per heavy atom. The van der Waals surface area contributed by atoms with E-state index in [0.717, 1.165) is 55.8 Å². The lowest BCUT2D eigenvalue weighted by Crippen LogP contribution is -2.35. The highest BCUT2D eigenvalue weighted by molar-refractivity contribution is 6.83. The normalized spacial score (nSPS) is 14.8. The molecule has 0 bridgehead atoms. The number of esters is 1. The van der Waals surface area contributed by atoms with Gasteiger partial charge >= 0.3 is 5.97 Å². The third kappa shape index (κ3) is 5.66. The number of rotatable bonds is 4. The number of anilines is 1. The van der Waals surface area contributed by atoms with Gasteiger partial charge in [-0.2, -0.15) is 0 Å². The van der Waals surface area contributed by atoms with Gasteiger partial charge in [-0.25, -0.2) is 4.79 Å². The van der Waals surface area contributed by atoms with E-state index in [1.165, 1.54) is 0 Å². The molecule has 1 N–H and O–H groups in total. The summed E-state index contributed by atoms with van der Waals surface area (Å²) in [5, 5.41) is 12.1. The Morgan fingerprint density at radius 2 is 1.38 bits per heavy atom. The Labute approximate surface area is 285 Å². The van der Waals surface area contributed by atoms with E-state index in [-0.39, 0.29) is 6.04 Å². The van der Waals surface area contributed by atoms with Gasteiger partial charge in [-0.05, 0) is 54.2 Å². The molecule has 0 saturated carbocycles. The van der Waals surface area contributed by atoms with E-state index in [1.54, 1.807) is 0 Å². The molecule has 1 atom stereocenters. The zero-order valence-corrected chi connectivity index (χ0v) is 29.5. The average Bonchev–Trinajstić information content (AvgIpc) is 3.35. The van der Waals surface area contributed by atoms with Gasteiger partial charge in [0.1, 0.15) is 19.8 Å². The summed E-state index contributed by atoms with van der Waals surface area (Å²) in [6, 6.07) is 37.0. The third-order valence-corrected chi connectivity index (χ3v) is 9.81. The van der Waals surface area contributed by atoms with Crippen molar-refractivity contribution in [3.63, 3.8) is 0 Å². The molecule has 2 aliphatic rings. The number of ether oxygens (including phenoxy) is 1. The van der Waals surface area contributed by atoms with E-state index in [9.17, 15) is 9.90 Å². The SMILES string of the molecule is CC(C)(C)OC(=O)c1c2c(c(C#C[Si](C)(C)C)c3c1N(C(c1ccccc1)c1ccccc1)Cc1ccccc1-3)C(O)c1ccccc1-2. The predicted octanol–water partition coefficient (Wildman–Crippen LogP) is 9.71. The van der Waals surface area contributed by atoms with Crippen LogP contribution < -0.4 is 4.90 Å². The molecular weight excluding hydrogens is 607 g/mol. The molecule has 1 aliphatic heterocycles. The summed E-state index contributed by atoms with van der Waals surface area (Å²) in [5.74, 6) is 3.24. The maximum atomic E-state index is 14.8. The first-order valence-corrected chi connectivity index (χ1v) is 20.2. The summed E-state index contributed by atoms with van der Waals surface area (Å²) in [6.45, 7) is 13.0. The molecule has 0 fully saturated rings. The van der Waals surface area contributed by atoms with Gasteiger partial charge in [0.15, 0.2) is 0 Å². The summed E-state index contributed by atoms with van der Waals surface area (Å²) < 4.78 is 6.27. The van der Waals surface area contributed by atoms with Gasteiger partial charge in [0.05, 0.1) is 17.3 Å². The van der Waals surface area contributed by atoms with Crippen LogP contribution in [0.15, 0.2) is 109 Å². The second kappa shape index (κ2) is 12.0. The van der Waals surface area contributed by atoms with E-state index in [4.69, 9.17) is 4.74 Å². The number of benzene rings is 5. The van der Waals surface area contributed by atoms with Gasteiger partial charge in [0.2, 0.25) is 0 Å². The van der Waals surface area contributed by atoms with Crippen LogP contribution in [0, 0.1) is 11.5 Å². The molecule has 0 saturated heterocycles. The van der Waals surface area contributed by atoms with Crippen molar-refractivity contribution in [2.24, 2.45) is 0 Å². The molecule has 48 heavy (non-hydrogen) atoms. The van der Waals surface area contributed by atoms with Crippen molar-refractivity contribution in [1.29, 1.82) is 0 Å². The molecule has 0 spiro atoms. The molecule has 240 valence electrons. The van der Waals surface area contributed by atoms with Crippen LogP contribution >= 0.6 is 0 Å². The fourth-order valence-electron chi connectivity index (χ4n) is 7.09. The van der Waals surface area contributed by atoms with Crippen molar-refractivity contribution < 1.29 is 14.6 Å². The van der Waals surface area contributed by atoms with Crippen molar-refractivity contribution in [3.8, 4) is 33.7 Å². The highest BCUT2D eigenvalue weighted by Crippen LogP contribution is 2.57. The van der Waals surface area contributed by atoms with Crippen molar-refractivity contribution in [1.82, 2.24) is 0 Å². The molecule has 5 heteroatoms. The van der Waals surface area contributed by atoms with E-state index in [0.29, 0.717) is 17.7 Å². The predicted molar refractivity (Wildman–Crippen MR) is 198 cm³/mol. The first-order chi connectivity index (χ1) is 22.9. The highest BCUT2D eigenvalue weighted by Gasteiger charge is 2.43. The Hall–Kier alpha value is -4.89. The maximum Gasteiger partial charge on any atom is 0.341 e. The number of fused-ring (bicyclic) bond motifs is 6. The number of hydrogen-bond acceptors (Lipinski definition) is 4. The van der Waals surface area contributed by atoms with Crippen LogP contribution in [0.25, 0.3) is 22.3 Å². The van der Waals surface area contributed by atoms with Crippen LogP contribution in [0.2, 0.25) is 19.6 Å². The first-order valence-electron chi connectivity index (χ1n) is 16.7. The first kappa shape index (κ1) is 31.7. The summed E-state index contributed by atoms with van der Waals surface area (Å²) in [5.41, 5.74) is 13.2. The van der Waals surface area contributed by atoms with E-state index in [1.807, 2.05) is 63.2 Å². The standard InChI is InChI=1S/C43H41NO3Si/c1-43(2,3)47-42(46)38-36-32-23-15-16-24-33(32)41(45)37(36)34(25-26-48(4,5)6)35-31-22-14-13-21-30(31)27-44(40(35)38)39(28-17-9-7-10-18-28)29-19-11-8-12-20-29/h7-24,39,41,45H,27H2,1-6H3. The molecule has 7 rings (SSSR count). The highest BCUT2D eigenvalue weighted by atomic mass is 28.3. The molecule has 0 amide bonds. The monoisotopic (exact) mass is 647 g/mol. The molecule has 1 unspecified atom stereocenters. The molecule has 0 radical (unpaired) electrons. The summed E-state index contributed by atoms with van der Waals surface area (Å²) >= 11 is 0. The van der Waals surface area contributed by atoms with Crippen molar-refractivity contribution in [2.75, 3.05) is 4.90 Å². The van der Waals surface area contributed by atoms with Crippen molar-refractivity contribution >= 4 is 19.7 Å². The van der Waals surface area contributed by atoms with Gasteiger partial charge < -0.3 is 14.7 Å². The van der Waals surface area contributed by atoms with Crippen LogP contribution in [0.4, 0.5) is 5.69 Å². The van der Waals surface area contributed by atoms with Gasteiger partial charge in [-0.1, -0.05) is 135 Å².